The summed E-state index contributed by atoms with van der Waals surface area (Å²) in [6, 6.07) is 9.44. The van der Waals surface area contributed by atoms with Gasteiger partial charge in [0.25, 0.3) is 5.91 Å². The summed E-state index contributed by atoms with van der Waals surface area (Å²) in [6.45, 7) is 0.126. The van der Waals surface area contributed by atoms with E-state index in [-0.39, 0.29) is 28.6 Å². The second-order valence-corrected chi connectivity index (χ2v) is 6.09. The van der Waals surface area contributed by atoms with Crippen LogP contribution in [0.4, 0.5) is 18.9 Å². The van der Waals surface area contributed by atoms with Crippen LogP contribution in [0.15, 0.2) is 47.1 Å². The molecule has 1 aromatic carbocycles. The maximum absolute atomic E-state index is 12.7. The minimum atomic E-state index is -4.46. The molecule has 1 N–H and O–H groups in total. The van der Waals surface area contributed by atoms with Gasteiger partial charge in [0.15, 0.2) is 6.61 Å². The summed E-state index contributed by atoms with van der Waals surface area (Å²) in [4.78, 5) is 16.4. The zero-order valence-electron chi connectivity index (χ0n) is 14.4. The van der Waals surface area contributed by atoms with E-state index in [1.54, 1.807) is 31.2 Å². The average Bonchev–Trinajstić information content (AvgIpc) is 3.02. The number of hydrogen-bond donors (Lipinski definition) is 1. The molecule has 6 nitrogen and oxygen atoms in total. The fourth-order valence-corrected chi connectivity index (χ4v) is 2.59. The molecule has 0 saturated heterocycles. The van der Waals surface area contributed by atoms with Crippen LogP contribution in [-0.4, -0.2) is 28.8 Å². The number of nitrogens with one attached hydrogen (secondary N) is 1. The number of pyridine rings is 1. The molecule has 0 aliphatic rings. The Morgan fingerprint density at radius 2 is 2.00 bits per heavy atom. The van der Waals surface area contributed by atoms with Gasteiger partial charge in [0.1, 0.15) is 17.0 Å². The number of aromatic nitrogens is 2. The van der Waals surface area contributed by atoms with Crippen molar-refractivity contribution in [3.05, 3.63) is 58.9 Å². The Labute approximate surface area is 162 Å². The third kappa shape index (κ3) is 4.61. The Hall–Kier alpha value is -3.07. The number of rotatable bonds is 5. The van der Waals surface area contributed by atoms with Crippen molar-refractivity contribution in [1.29, 1.82) is 0 Å². The summed E-state index contributed by atoms with van der Waals surface area (Å²) < 4.78 is 46.1. The molecule has 0 saturated carbocycles. The quantitative estimate of drug-likeness (QED) is 0.646. The molecule has 3 aromatic rings. The van der Waals surface area contributed by atoms with Crippen molar-refractivity contribution in [3.8, 4) is 17.1 Å². The highest BCUT2D eigenvalue weighted by Gasteiger charge is 2.28. The van der Waals surface area contributed by atoms with E-state index in [2.05, 4.69) is 20.2 Å². The largest absolute Gasteiger partial charge is 0.468 e. The van der Waals surface area contributed by atoms with Crippen molar-refractivity contribution in [3.63, 3.8) is 0 Å². The molecule has 0 aliphatic carbocycles. The topological polar surface area (TPSA) is 77.2 Å². The van der Waals surface area contributed by atoms with E-state index >= 15 is 0 Å². The minimum Gasteiger partial charge on any atom is -0.468 e. The second-order valence-electron chi connectivity index (χ2n) is 5.69. The molecule has 0 spiro atoms. The van der Waals surface area contributed by atoms with E-state index in [0.717, 1.165) is 0 Å². The van der Waals surface area contributed by atoms with Crippen LogP contribution < -0.4 is 10.1 Å². The molecule has 0 aliphatic heterocycles. The SMILES string of the molecule is Cc1onc(-c2ccccc2Cl)c1C(=O)Nc1ccc(OCC(F)(F)F)nc1. The number of amides is 1. The number of anilines is 1. The standard InChI is InChI=1S/C18H13ClF3N3O3/c1-10-15(16(25-28-10)12-4-2-3-5-13(12)19)17(26)24-11-6-7-14(23-8-11)27-9-18(20,21)22/h2-8H,9H2,1H3,(H,24,26). The number of hydrogen-bond acceptors (Lipinski definition) is 5. The van der Waals surface area contributed by atoms with E-state index < -0.39 is 18.7 Å². The monoisotopic (exact) mass is 411 g/mol. The van der Waals surface area contributed by atoms with Crippen LogP contribution in [0.5, 0.6) is 5.88 Å². The number of benzene rings is 1. The van der Waals surface area contributed by atoms with Crippen molar-refractivity contribution in [2.24, 2.45) is 0 Å². The lowest BCUT2D eigenvalue weighted by atomic mass is 10.1. The fraction of sp³-hybridized carbons (Fsp3) is 0.167. The molecule has 2 aromatic heterocycles. The fourth-order valence-electron chi connectivity index (χ4n) is 2.37. The maximum Gasteiger partial charge on any atom is 0.422 e. The Bertz CT molecular complexity index is 988. The smallest absolute Gasteiger partial charge is 0.422 e. The number of carbonyl (C=O) groups excluding carboxylic acids is 1. The Balaban J connectivity index is 1.77. The van der Waals surface area contributed by atoms with Crippen molar-refractivity contribution >= 4 is 23.2 Å². The van der Waals surface area contributed by atoms with Crippen LogP contribution in [0.1, 0.15) is 16.1 Å². The highest BCUT2D eigenvalue weighted by atomic mass is 35.5. The molecular formula is C18H13ClF3N3O3. The van der Waals surface area contributed by atoms with Crippen LogP contribution >= 0.6 is 11.6 Å². The zero-order chi connectivity index (χ0) is 20.3. The van der Waals surface area contributed by atoms with Gasteiger partial charge in [0.05, 0.1) is 16.9 Å². The van der Waals surface area contributed by atoms with E-state index in [9.17, 15) is 18.0 Å². The van der Waals surface area contributed by atoms with E-state index in [1.807, 2.05) is 0 Å². The van der Waals surface area contributed by atoms with Gasteiger partial charge in [0.2, 0.25) is 5.88 Å². The van der Waals surface area contributed by atoms with Crippen molar-refractivity contribution in [2.45, 2.75) is 13.1 Å². The second kappa shape index (κ2) is 7.89. The lowest BCUT2D eigenvalue weighted by molar-refractivity contribution is -0.154. The normalized spacial score (nSPS) is 11.3. The molecule has 1 amide bonds. The lowest BCUT2D eigenvalue weighted by Gasteiger charge is -2.09. The molecule has 0 radical (unpaired) electrons. The van der Waals surface area contributed by atoms with Crippen molar-refractivity contribution < 1.29 is 27.2 Å². The van der Waals surface area contributed by atoms with Gasteiger partial charge in [-0.25, -0.2) is 4.98 Å². The summed E-state index contributed by atoms with van der Waals surface area (Å²) in [5.74, 6) is -0.460. The third-order valence-electron chi connectivity index (χ3n) is 3.60. The number of halogens is 4. The molecule has 3 rings (SSSR count). The first kappa shape index (κ1) is 19.7. The van der Waals surface area contributed by atoms with Gasteiger partial charge in [-0.05, 0) is 19.1 Å². The number of nitrogens with zero attached hydrogens (tertiary/aromatic N) is 2. The lowest BCUT2D eigenvalue weighted by Crippen LogP contribution is -2.19. The van der Waals surface area contributed by atoms with Crippen LogP contribution in [0, 0.1) is 6.92 Å². The Morgan fingerprint density at radius 3 is 2.64 bits per heavy atom. The zero-order valence-corrected chi connectivity index (χ0v) is 15.1. The summed E-state index contributed by atoms with van der Waals surface area (Å²) in [5, 5.41) is 6.90. The van der Waals surface area contributed by atoms with Gasteiger partial charge in [-0.1, -0.05) is 35.0 Å². The average molecular weight is 412 g/mol. The van der Waals surface area contributed by atoms with Gasteiger partial charge < -0.3 is 14.6 Å². The van der Waals surface area contributed by atoms with Crippen LogP contribution in [-0.2, 0) is 0 Å². The van der Waals surface area contributed by atoms with Gasteiger partial charge >= 0.3 is 6.18 Å². The van der Waals surface area contributed by atoms with Crippen molar-refractivity contribution in [1.82, 2.24) is 10.1 Å². The van der Waals surface area contributed by atoms with E-state index in [0.29, 0.717) is 10.6 Å². The van der Waals surface area contributed by atoms with Crippen molar-refractivity contribution in [2.75, 3.05) is 11.9 Å². The summed E-state index contributed by atoms with van der Waals surface area (Å²) >= 11 is 6.17. The molecule has 0 bridgehead atoms. The van der Waals surface area contributed by atoms with Crippen LogP contribution in [0.25, 0.3) is 11.3 Å². The number of aryl methyl sites for hydroxylation is 1. The van der Waals surface area contributed by atoms with E-state index in [4.69, 9.17) is 16.1 Å². The predicted octanol–water partition coefficient (Wildman–Crippen LogP) is 4.89. The highest BCUT2D eigenvalue weighted by molar-refractivity contribution is 6.33. The molecule has 146 valence electrons. The summed E-state index contributed by atoms with van der Waals surface area (Å²) in [5.41, 5.74) is 1.25. The molecule has 0 unspecified atom stereocenters. The van der Waals surface area contributed by atoms with Crippen LogP contribution in [0.2, 0.25) is 5.02 Å². The van der Waals surface area contributed by atoms with Crippen LogP contribution in [0.3, 0.4) is 0 Å². The number of carbonyl (C=O) groups is 1. The van der Waals surface area contributed by atoms with Gasteiger partial charge in [-0.15, -0.1) is 0 Å². The predicted molar refractivity (Wildman–Crippen MR) is 95.4 cm³/mol. The first-order valence-corrected chi connectivity index (χ1v) is 8.30. The molecule has 0 atom stereocenters. The third-order valence-corrected chi connectivity index (χ3v) is 3.93. The minimum absolute atomic E-state index is 0.186. The highest BCUT2D eigenvalue weighted by Crippen LogP contribution is 2.31. The molecular weight excluding hydrogens is 399 g/mol. The Kier molecular flexibility index (Phi) is 5.55. The van der Waals surface area contributed by atoms with Gasteiger partial charge in [0, 0.05) is 11.6 Å². The molecule has 2 heterocycles. The molecule has 10 heteroatoms. The first-order valence-electron chi connectivity index (χ1n) is 7.93. The van der Waals surface area contributed by atoms with E-state index in [1.165, 1.54) is 18.3 Å². The number of ether oxygens (including phenoxy) is 1. The summed E-state index contributed by atoms with van der Waals surface area (Å²) in [6.07, 6.45) is -3.28. The first-order chi connectivity index (χ1) is 13.2. The summed E-state index contributed by atoms with van der Waals surface area (Å²) in [7, 11) is 0. The molecule has 28 heavy (non-hydrogen) atoms. The van der Waals surface area contributed by atoms with Gasteiger partial charge in [-0.2, -0.15) is 13.2 Å². The Morgan fingerprint density at radius 1 is 1.25 bits per heavy atom. The molecule has 0 fully saturated rings. The van der Waals surface area contributed by atoms with Gasteiger partial charge in [-0.3, -0.25) is 4.79 Å². The number of alkyl halides is 3. The maximum atomic E-state index is 12.7.